The van der Waals surface area contributed by atoms with Crippen LogP contribution >= 0.6 is 11.3 Å². The molecule has 2 saturated heterocycles. The molecule has 2 N–H and O–H groups in total. The second-order valence-electron chi connectivity index (χ2n) is 7.15. The number of hydrogen-bond donors (Lipinski definition) is 2. The van der Waals surface area contributed by atoms with Crippen LogP contribution in [0.25, 0.3) is 0 Å². The summed E-state index contributed by atoms with van der Waals surface area (Å²) in [6.07, 6.45) is 2.52. The van der Waals surface area contributed by atoms with Crippen LogP contribution in [-0.4, -0.2) is 50.9 Å². The van der Waals surface area contributed by atoms with Crippen LogP contribution in [0.15, 0.2) is 16.3 Å². The van der Waals surface area contributed by atoms with Crippen molar-refractivity contribution in [3.8, 4) is 0 Å². The minimum atomic E-state index is -3.49. The second kappa shape index (κ2) is 7.73. The molecule has 140 valence electrons. The summed E-state index contributed by atoms with van der Waals surface area (Å²) in [5, 5.41) is 6.44. The van der Waals surface area contributed by atoms with Gasteiger partial charge in [0.05, 0.1) is 5.92 Å². The van der Waals surface area contributed by atoms with E-state index in [9.17, 15) is 13.2 Å². The van der Waals surface area contributed by atoms with E-state index in [0.717, 1.165) is 37.2 Å². The number of nitrogens with zero attached hydrogens (tertiary/aromatic N) is 1. The number of hydrogen-bond acceptors (Lipinski definition) is 5. The molecule has 0 bridgehead atoms. The maximum atomic E-state index is 12.8. The van der Waals surface area contributed by atoms with Crippen molar-refractivity contribution < 1.29 is 13.2 Å². The summed E-state index contributed by atoms with van der Waals surface area (Å²) in [4.78, 5) is 13.6. The maximum absolute atomic E-state index is 12.8. The first-order chi connectivity index (χ1) is 11.9. The van der Waals surface area contributed by atoms with Gasteiger partial charge in [-0.3, -0.25) is 4.79 Å². The van der Waals surface area contributed by atoms with Gasteiger partial charge in [-0.15, -0.1) is 11.3 Å². The highest BCUT2D eigenvalue weighted by molar-refractivity contribution is 7.91. The zero-order chi connectivity index (χ0) is 18.0. The van der Waals surface area contributed by atoms with Crippen LogP contribution in [0.4, 0.5) is 0 Å². The lowest BCUT2D eigenvalue weighted by molar-refractivity contribution is -0.127. The van der Waals surface area contributed by atoms with Crippen molar-refractivity contribution in [2.45, 2.75) is 43.4 Å². The Bertz CT molecular complexity index is 716. The first-order valence-corrected chi connectivity index (χ1v) is 11.2. The average Bonchev–Trinajstić information content (AvgIpc) is 3.04. The number of thiophene rings is 1. The van der Waals surface area contributed by atoms with Crippen LogP contribution in [0, 0.1) is 18.8 Å². The highest BCUT2D eigenvalue weighted by Crippen LogP contribution is 2.28. The number of amides is 1. The molecule has 3 atom stereocenters. The standard InChI is InChI=1S/C17H27N3O3S2/c1-12-7-8-18-10-15(12)19-17(21)14-4-3-9-20(11-14)25(22,23)16-6-5-13(2)24-16/h5-6,12,14-15,18H,3-4,7-11H2,1-2H3,(H,19,21). The molecule has 2 aliphatic heterocycles. The van der Waals surface area contributed by atoms with Crippen LogP contribution in [0.3, 0.4) is 0 Å². The van der Waals surface area contributed by atoms with Gasteiger partial charge >= 0.3 is 0 Å². The Morgan fingerprint density at radius 3 is 2.84 bits per heavy atom. The molecular formula is C17H27N3O3S2. The Kier molecular flexibility index (Phi) is 5.82. The zero-order valence-electron chi connectivity index (χ0n) is 14.8. The van der Waals surface area contributed by atoms with Crippen molar-refractivity contribution >= 4 is 27.3 Å². The van der Waals surface area contributed by atoms with E-state index in [1.54, 1.807) is 6.07 Å². The molecule has 2 aliphatic rings. The molecule has 0 spiro atoms. The SMILES string of the molecule is Cc1ccc(S(=O)(=O)N2CCCC(C(=O)NC3CNCCC3C)C2)s1. The Morgan fingerprint density at radius 1 is 1.36 bits per heavy atom. The molecule has 3 unspecified atom stereocenters. The van der Waals surface area contributed by atoms with Gasteiger partial charge in [0.15, 0.2) is 0 Å². The average molecular weight is 386 g/mol. The molecule has 0 radical (unpaired) electrons. The third-order valence-corrected chi connectivity index (χ3v) is 8.55. The lowest BCUT2D eigenvalue weighted by Gasteiger charge is -2.34. The van der Waals surface area contributed by atoms with Gasteiger partial charge in [0.2, 0.25) is 5.91 Å². The topological polar surface area (TPSA) is 78.5 Å². The van der Waals surface area contributed by atoms with Gasteiger partial charge in [0, 0.05) is 30.6 Å². The second-order valence-corrected chi connectivity index (χ2v) is 10.6. The lowest BCUT2D eigenvalue weighted by Crippen LogP contribution is -2.53. The largest absolute Gasteiger partial charge is 0.352 e. The summed E-state index contributed by atoms with van der Waals surface area (Å²) in [5.74, 6) is 0.171. The normalized spacial score (nSPS) is 28.6. The van der Waals surface area contributed by atoms with Crippen molar-refractivity contribution in [2.75, 3.05) is 26.2 Å². The van der Waals surface area contributed by atoms with Gasteiger partial charge in [-0.2, -0.15) is 4.31 Å². The first kappa shape index (κ1) is 18.8. The van der Waals surface area contributed by atoms with Gasteiger partial charge in [-0.25, -0.2) is 8.42 Å². The molecule has 2 fully saturated rings. The predicted octanol–water partition coefficient (Wildman–Crippen LogP) is 1.57. The molecule has 25 heavy (non-hydrogen) atoms. The van der Waals surface area contributed by atoms with Gasteiger partial charge in [-0.1, -0.05) is 6.92 Å². The number of piperidine rings is 2. The van der Waals surface area contributed by atoms with E-state index in [-0.39, 0.29) is 24.4 Å². The van der Waals surface area contributed by atoms with E-state index in [1.165, 1.54) is 15.6 Å². The maximum Gasteiger partial charge on any atom is 0.252 e. The molecule has 0 aliphatic carbocycles. The Hall–Kier alpha value is -0.960. The predicted molar refractivity (Wildman–Crippen MR) is 99.1 cm³/mol. The van der Waals surface area contributed by atoms with Crippen LogP contribution in [-0.2, 0) is 14.8 Å². The van der Waals surface area contributed by atoms with Gasteiger partial charge in [0.25, 0.3) is 10.0 Å². The number of carbonyl (C=O) groups is 1. The molecule has 3 rings (SSSR count). The molecule has 1 aromatic heterocycles. The van der Waals surface area contributed by atoms with E-state index >= 15 is 0 Å². The van der Waals surface area contributed by atoms with Gasteiger partial charge in [0.1, 0.15) is 4.21 Å². The van der Waals surface area contributed by atoms with Crippen molar-refractivity contribution in [2.24, 2.45) is 11.8 Å². The third-order valence-electron chi connectivity index (χ3n) is 5.22. The minimum absolute atomic E-state index is 0.0113. The van der Waals surface area contributed by atoms with Crippen LogP contribution in [0.2, 0.25) is 0 Å². The van der Waals surface area contributed by atoms with Crippen molar-refractivity contribution in [3.05, 3.63) is 17.0 Å². The lowest BCUT2D eigenvalue weighted by atomic mass is 9.93. The number of rotatable bonds is 4. The Labute approximate surface area is 154 Å². The molecule has 1 aromatic rings. The summed E-state index contributed by atoms with van der Waals surface area (Å²) in [7, 11) is -3.49. The summed E-state index contributed by atoms with van der Waals surface area (Å²) in [6.45, 7) is 6.60. The molecule has 6 nitrogen and oxygen atoms in total. The van der Waals surface area contributed by atoms with E-state index in [1.807, 2.05) is 13.0 Å². The molecule has 8 heteroatoms. The highest BCUT2D eigenvalue weighted by atomic mass is 32.2. The number of sulfonamides is 1. The fraction of sp³-hybridized carbons (Fsp3) is 0.706. The Morgan fingerprint density at radius 2 is 2.16 bits per heavy atom. The molecule has 3 heterocycles. The summed E-state index contributed by atoms with van der Waals surface area (Å²) < 4.78 is 27.5. The van der Waals surface area contributed by atoms with Crippen molar-refractivity contribution in [3.63, 3.8) is 0 Å². The fourth-order valence-corrected chi connectivity index (χ4v) is 6.50. The molecule has 1 amide bonds. The van der Waals surface area contributed by atoms with Crippen LogP contribution < -0.4 is 10.6 Å². The highest BCUT2D eigenvalue weighted by Gasteiger charge is 2.35. The number of aryl methyl sites for hydroxylation is 1. The van der Waals surface area contributed by atoms with Crippen molar-refractivity contribution in [1.82, 2.24) is 14.9 Å². The van der Waals surface area contributed by atoms with E-state index in [2.05, 4.69) is 17.6 Å². The summed E-state index contributed by atoms with van der Waals surface area (Å²) in [5.41, 5.74) is 0. The summed E-state index contributed by atoms with van der Waals surface area (Å²) in [6, 6.07) is 3.62. The van der Waals surface area contributed by atoms with Crippen LogP contribution in [0.5, 0.6) is 0 Å². The first-order valence-electron chi connectivity index (χ1n) is 8.95. The number of nitrogens with one attached hydrogen (secondary N) is 2. The zero-order valence-corrected chi connectivity index (χ0v) is 16.5. The van der Waals surface area contributed by atoms with Crippen molar-refractivity contribution in [1.29, 1.82) is 0 Å². The smallest absolute Gasteiger partial charge is 0.252 e. The van der Waals surface area contributed by atoms with Crippen LogP contribution in [0.1, 0.15) is 31.1 Å². The molecule has 0 saturated carbocycles. The Balaban J connectivity index is 1.65. The monoisotopic (exact) mass is 385 g/mol. The van der Waals surface area contributed by atoms with E-state index in [4.69, 9.17) is 0 Å². The minimum Gasteiger partial charge on any atom is -0.352 e. The molecular weight excluding hydrogens is 358 g/mol. The number of carbonyl (C=O) groups excluding carboxylic acids is 1. The van der Waals surface area contributed by atoms with E-state index in [0.29, 0.717) is 16.7 Å². The quantitative estimate of drug-likeness (QED) is 0.825. The van der Waals surface area contributed by atoms with E-state index < -0.39 is 10.0 Å². The summed E-state index contributed by atoms with van der Waals surface area (Å²) >= 11 is 1.29. The molecule has 0 aromatic carbocycles. The third kappa shape index (κ3) is 4.24. The van der Waals surface area contributed by atoms with Gasteiger partial charge < -0.3 is 10.6 Å². The van der Waals surface area contributed by atoms with Gasteiger partial charge in [-0.05, 0) is 50.8 Å². The fourth-order valence-electron chi connectivity index (χ4n) is 3.54.